The van der Waals surface area contributed by atoms with E-state index in [9.17, 15) is 9.90 Å². The predicted molar refractivity (Wildman–Crippen MR) is 117 cm³/mol. The molecule has 1 heterocycles. The Labute approximate surface area is 174 Å². The van der Waals surface area contributed by atoms with Crippen LogP contribution in [0.15, 0.2) is 24.3 Å². The molecule has 0 saturated heterocycles. The minimum Gasteiger partial charge on any atom is -0.460 e. The molecule has 29 heavy (non-hydrogen) atoms. The summed E-state index contributed by atoms with van der Waals surface area (Å²) < 4.78 is 5.44. The van der Waals surface area contributed by atoms with Gasteiger partial charge in [0.25, 0.3) is 0 Å². The standard InChI is InChI=1S/C24H36N2O3/c1-16-21(23(2,3)4)26-22(25-16)19-10-8-17(9-11-19)14-18(12-13-27)15-20(28)29-24(5,6)7/h8-11,18,27H,12-15H2,1-7H3,(H,25,26)/t18-/m1/s1. The van der Waals surface area contributed by atoms with E-state index in [4.69, 9.17) is 9.72 Å². The molecule has 0 spiro atoms. The van der Waals surface area contributed by atoms with Crippen molar-refractivity contribution in [1.29, 1.82) is 0 Å². The highest BCUT2D eigenvalue weighted by atomic mass is 16.6. The zero-order chi connectivity index (χ0) is 21.8. The Balaban J connectivity index is 2.09. The largest absolute Gasteiger partial charge is 0.460 e. The van der Waals surface area contributed by atoms with Crippen LogP contribution in [0.5, 0.6) is 0 Å². The van der Waals surface area contributed by atoms with Crippen LogP contribution < -0.4 is 0 Å². The van der Waals surface area contributed by atoms with Crippen LogP contribution in [0.25, 0.3) is 11.4 Å². The van der Waals surface area contributed by atoms with Crippen molar-refractivity contribution in [3.8, 4) is 11.4 Å². The van der Waals surface area contributed by atoms with E-state index in [1.54, 1.807) is 0 Å². The molecule has 0 radical (unpaired) electrons. The Morgan fingerprint density at radius 3 is 2.24 bits per heavy atom. The lowest BCUT2D eigenvalue weighted by molar-refractivity contribution is -0.156. The summed E-state index contributed by atoms with van der Waals surface area (Å²) in [6, 6.07) is 8.26. The van der Waals surface area contributed by atoms with Crippen LogP contribution in [0.1, 0.15) is 71.3 Å². The summed E-state index contributed by atoms with van der Waals surface area (Å²) in [7, 11) is 0. The average molecular weight is 401 g/mol. The van der Waals surface area contributed by atoms with Gasteiger partial charge in [-0.3, -0.25) is 4.79 Å². The van der Waals surface area contributed by atoms with Gasteiger partial charge < -0.3 is 14.8 Å². The number of imidazole rings is 1. The van der Waals surface area contributed by atoms with Crippen LogP contribution in [-0.2, 0) is 21.4 Å². The molecule has 0 unspecified atom stereocenters. The second-order valence-electron chi connectivity index (χ2n) is 9.88. The first-order chi connectivity index (χ1) is 13.4. The van der Waals surface area contributed by atoms with Crippen LogP contribution in [-0.4, -0.2) is 33.3 Å². The highest BCUT2D eigenvalue weighted by Gasteiger charge is 2.22. The van der Waals surface area contributed by atoms with Gasteiger partial charge in [-0.05, 0) is 52.0 Å². The number of nitrogens with one attached hydrogen (secondary N) is 1. The lowest BCUT2D eigenvalue weighted by Gasteiger charge is -2.22. The molecule has 5 nitrogen and oxygen atoms in total. The summed E-state index contributed by atoms with van der Waals surface area (Å²) in [5.41, 5.74) is 3.86. The van der Waals surface area contributed by atoms with Crippen LogP contribution in [0, 0.1) is 12.8 Å². The maximum Gasteiger partial charge on any atom is 0.306 e. The van der Waals surface area contributed by atoms with E-state index in [0.29, 0.717) is 12.8 Å². The summed E-state index contributed by atoms with van der Waals surface area (Å²) in [6.07, 6.45) is 1.61. The molecule has 0 saturated carbocycles. The van der Waals surface area contributed by atoms with E-state index >= 15 is 0 Å². The van der Waals surface area contributed by atoms with Crippen molar-refractivity contribution in [2.24, 2.45) is 5.92 Å². The Bertz CT molecular complexity index is 808. The maximum absolute atomic E-state index is 12.2. The Kier molecular flexibility index (Phi) is 7.28. The number of nitrogens with zero attached hydrogens (tertiary/aromatic N) is 1. The van der Waals surface area contributed by atoms with Crippen molar-refractivity contribution in [3.05, 3.63) is 41.2 Å². The maximum atomic E-state index is 12.2. The van der Waals surface area contributed by atoms with Gasteiger partial charge in [-0.1, -0.05) is 45.0 Å². The van der Waals surface area contributed by atoms with E-state index in [2.05, 4.69) is 56.9 Å². The fourth-order valence-corrected chi connectivity index (χ4v) is 3.54. The van der Waals surface area contributed by atoms with Crippen molar-refractivity contribution in [2.45, 2.75) is 78.7 Å². The van der Waals surface area contributed by atoms with E-state index < -0.39 is 5.60 Å². The van der Waals surface area contributed by atoms with Gasteiger partial charge in [0.1, 0.15) is 11.4 Å². The van der Waals surface area contributed by atoms with Gasteiger partial charge in [0.15, 0.2) is 0 Å². The lowest BCUT2D eigenvalue weighted by Crippen LogP contribution is -2.26. The smallest absolute Gasteiger partial charge is 0.306 e. The zero-order valence-corrected chi connectivity index (χ0v) is 18.9. The summed E-state index contributed by atoms with van der Waals surface area (Å²) in [6.45, 7) is 14.2. The second kappa shape index (κ2) is 9.12. The van der Waals surface area contributed by atoms with Gasteiger partial charge >= 0.3 is 5.97 Å². The third kappa shape index (κ3) is 7.00. The summed E-state index contributed by atoms with van der Waals surface area (Å²) in [5.74, 6) is 0.715. The second-order valence-corrected chi connectivity index (χ2v) is 9.88. The van der Waals surface area contributed by atoms with Crippen LogP contribution >= 0.6 is 0 Å². The normalized spacial score (nSPS) is 13.4. The lowest BCUT2D eigenvalue weighted by atomic mass is 9.91. The number of carbonyl (C=O) groups excluding carboxylic acids is 1. The van der Waals surface area contributed by atoms with Crippen molar-refractivity contribution in [2.75, 3.05) is 6.61 Å². The van der Waals surface area contributed by atoms with Crippen molar-refractivity contribution >= 4 is 5.97 Å². The predicted octanol–water partition coefficient (Wildman–Crippen LogP) is 4.96. The number of carbonyl (C=O) groups is 1. The van der Waals surface area contributed by atoms with Crippen LogP contribution in [0.2, 0.25) is 0 Å². The molecule has 0 aliphatic carbocycles. The molecular formula is C24H36N2O3. The average Bonchev–Trinajstić information content (AvgIpc) is 2.96. The molecule has 5 heteroatoms. The summed E-state index contributed by atoms with van der Waals surface area (Å²) in [4.78, 5) is 20.4. The number of benzene rings is 1. The van der Waals surface area contributed by atoms with Gasteiger partial charge in [-0.15, -0.1) is 0 Å². The van der Waals surface area contributed by atoms with Crippen LogP contribution in [0.3, 0.4) is 0 Å². The van der Waals surface area contributed by atoms with Gasteiger partial charge in [-0.25, -0.2) is 4.98 Å². The molecule has 0 bridgehead atoms. The molecule has 1 aromatic heterocycles. The molecule has 1 atom stereocenters. The number of rotatable bonds is 7. The molecule has 1 aromatic carbocycles. The number of aliphatic hydroxyl groups is 1. The number of aromatic nitrogens is 2. The highest BCUT2D eigenvalue weighted by Crippen LogP contribution is 2.27. The molecule has 2 rings (SSSR count). The number of ether oxygens (including phenoxy) is 1. The van der Waals surface area contributed by atoms with E-state index in [-0.39, 0.29) is 23.9 Å². The molecule has 160 valence electrons. The Morgan fingerprint density at radius 1 is 1.14 bits per heavy atom. The number of aromatic amines is 1. The summed E-state index contributed by atoms with van der Waals surface area (Å²) >= 11 is 0. The minimum atomic E-state index is -0.490. The van der Waals surface area contributed by atoms with E-state index in [1.807, 2.05) is 20.8 Å². The van der Waals surface area contributed by atoms with E-state index in [1.165, 1.54) is 0 Å². The van der Waals surface area contributed by atoms with Crippen molar-refractivity contribution in [3.63, 3.8) is 0 Å². The number of aryl methyl sites for hydroxylation is 1. The monoisotopic (exact) mass is 400 g/mol. The zero-order valence-electron chi connectivity index (χ0n) is 18.9. The Morgan fingerprint density at radius 2 is 1.76 bits per heavy atom. The number of hydrogen-bond donors (Lipinski definition) is 2. The number of H-pyrrole nitrogens is 1. The fourth-order valence-electron chi connectivity index (χ4n) is 3.54. The third-order valence-corrected chi connectivity index (χ3v) is 4.76. The topological polar surface area (TPSA) is 75.2 Å². The molecule has 2 N–H and O–H groups in total. The van der Waals surface area contributed by atoms with Crippen molar-refractivity contribution in [1.82, 2.24) is 9.97 Å². The van der Waals surface area contributed by atoms with Gasteiger partial charge in [0.05, 0.1) is 5.69 Å². The molecule has 0 aliphatic rings. The number of aliphatic hydroxyl groups excluding tert-OH is 1. The molecular weight excluding hydrogens is 364 g/mol. The number of esters is 1. The first-order valence-electron chi connectivity index (χ1n) is 10.4. The first kappa shape index (κ1) is 23.1. The SMILES string of the molecule is Cc1[nH]c(-c2ccc(C[C@@H](CCO)CC(=O)OC(C)(C)C)cc2)nc1C(C)(C)C. The van der Waals surface area contributed by atoms with Crippen molar-refractivity contribution < 1.29 is 14.6 Å². The van der Waals surface area contributed by atoms with Gasteiger partial charge in [-0.2, -0.15) is 0 Å². The third-order valence-electron chi connectivity index (χ3n) is 4.76. The number of hydrogen-bond acceptors (Lipinski definition) is 4. The highest BCUT2D eigenvalue weighted by molar-refractivity contribution is 5.70. The minimum absolute atomic E-state index is 0.00203. The van der Waals surface area contributed by atoms with Crippen LogP contribution in [0.4, 0.5) is 0 Å². The first-order valence-corrected chi connectivity index (χ1v) is 10.4. The Hall–Kier alpha value is -2.14. The van der Waals surface area contributed by atoms with Gasteiger partial charge in [0.2, 0.25) is 0 Å². The van der Waals surface area contributed by atoms with E-state index in [0.717, 1.165) is 34.8 Å². The molecule has 2 aromatic rings. The summed E-state index contributed by atoms with van der Waals surface area (Å²) in [5, 5.41) is 9.38. The fraction of sp³-hybridized carbons (Fsp3) is 0.583. The van der Waals surface area contributed by atoms with Gasteiger partial charge in [0, 0.05) is 29.7 Å². The quantitative estimate of drug-likeness (QED) is 0.645. The molecule has 0 fully saturated rings. The molecule has 0 aliphatic heterocycles. The molecule has 0 amide bonds.